The minimum Gasteiger partial charge on any atom is -0.504 e. The number of aromatic hydroxyl groups is 2. The standard InChI is InChI=1S/C9H8BrFO4/c1-3(9(14)15)6-4(10)2-5(11)7(12)8(6)13/h2-3,12-13H,1H3,(H,14,15). The molecule has 0 aliphatic carbocycles. The summed E-state index contributed by atoms with van der Waals surface area (Å²) in [6, 6.07) is 0.907. The van der Waals surface area contributed by atoms with Gasteiger partial charge in [0, 0.05) is 10.0 Å². The van der Waals surface area contributed by atoms with Crippen LogP contribution < -0.4 is 0 Å². The summed E-state index contributed by atoms with van der Waals surface area (Å²) in [7, 11) is 0. The molecule has 1 unspecified atom stereocenters. The van der Waals surface area contributed by atoms with Gasteiger partial charge >= 0.3 is 5.97 Å². The summed E-state index contributed by atoms with van der Waals surface area (Å²) >= 11 is 2.93. The third-order valence-corrected chi connectivity index (χ3v) is 2.68. The van der Waals surface area contributed by atoms with Crippen LogP contribution in [0.1, 0.15) is 18.4 Å². The van der Waals surface area contributed by atoms with Gasteiger partial charge in [0.15, 0.2) is 17.3 Å². The summed E-state index contributed by atoms with van der Waals surface area (Å²) in [4.78, 5) is 10.7. The number of carbonyl (C=O) groups is 1. The van der Waals surface area contributed by atoms with Gasteiger partial charge in [0.2, 0.25) is 0 Å². The Bertz CT molecular complexity index is 419. The molecule has 0 amide bonds. The minimum absolute atomic E-state index is 0.0543. The van der Waals surface area contributed by atoms with Crippen molar-refractivity contribution in [1.29, 1.82) is 0 Å². The van der Waals surface area contributed by atoms with E-state index in [1.165, 1.54) is 6.92 Å². The summed E-state index contributed by atoms with van der Waals surface area (Å²) in [6.07, 6.45) is 0. The topological polar surface area (TPSA) is 77.8 Å². The highest BCUT2D eigenvalue weighted by atomic mass is 79.9. The fourth-order valence-corrected chi connectivity index (χ4v) is 1.88. The number of halogens is 2. The number of aliphatic carboxylic acids is 1. The van der Waals surface area contributed by atoms with Gasteiger partial charge in [0.25, 0.3) is 0 Å². The van der Waals surface area contributed by atoms with Crippen LogP contribution in [0.25, 0.3) is 0 Å². The van der Waals surface area contributed by atoms with E-state index in [9.17, 15) is 14.3 Å². The van der Waals surface area contributed by atoms with E-state index < -0.39 is 29.2 Å². The molecule has 4 nitrogen and oxygen atoms in total. The van der Waals surface area contributed by atoms with E-state index in [4.69, 9.17) is 10.2 Å². The second-order valence-corrected chi connectivity index (χ2v) is 3.87. The van der Waals surface area contributed by atoms with E-state index in [1.54, 1.807) is 0 Å². The van der Waals surface area contributed by atoms with Crippen molar-refractivity contribution in [3.8, 4) is 11.5 Å². The van der Waals surface area contributed by atoms with Gasteiger partial charge in [-0.3, -0.25) is 4.79 Å². The average Bonchev–Trinajstić information content (AvgIpc) is 2.14. The van der Waals surface area contributed by atoms with Crippen LogP contribution in [0.3, 0.4) is 0 Å². The summed E-state index contributed by atoms with van der Waals surface area (Å²) in [5, 5.41) is 27.2. The number of hydrogen-bond donors (Lipinski definition) is 3. The van der Waals surface area contributed by atoms with Crippen molar-refractivity contribution < 1.29 is 24.5 Å². The third kappa shape index (κ3) is 2.04. The van der Waals surface area contributed by atoms with Gasteiger partial charge in [-0.15, -0.1) is 0 Å². The molecule has 1 atom stereocenters. The molecule has 0 spiro atoms. The van der Waals surface area contributed by atoms with E-state index in [0.717, 1.165) is 6.07 Å². The number of benzene rings is 1. The van der Waals surface area contributed by atoms with Gasteiger partial charge < -0.3 is 15.3 Å². The molecule has 3 N–H and O–H groups in total. The molecule has 82 valence electrons. The lowest BCUT2D eigenvalue weighted by atomic mass is 10.00. The highest BCUT2D eigenvalue weighted by Gasteiger charge is 2.24. The Morgan fingerprint density at radius 2 is 2.00 bits per heavy atom. The molecule has 0 aliphatic rings. The molecular weight excluding hydrogens is 271 g/mol. The van der Waals surface area contributed by atoms with Crippen LogP contribution in [0.4, 0.5) is 4.39 Å². The van der Waals surface area contributed by atoms with E-state index in [2.05, 4.69) is 15.9 Å². The number of carboxylic acid groups (broad SMARTS) is 1. The fraction of sp³-hybridized carbons (Fsp3) is 0.222. The van der Waals surface area contributed by atoms with Crippen molar-refractivity contribution in [2.75, 3.05) is 0 Å². The lowest BCUT2D eigenvalue weighted by Gasteiger charge is -2.12. The second-order valence-electron chi connectivity index (χ2n) is 3.01. The van der Waals surface area contributed by atoms with Gasteiger partial charge in [-0.1, -0.05) is 15.9 Å². The number of hydrogen-bond acceptors (Lipinski definition) is 3. The molecule has 1 aromatic rings. The zero-order chi connectivity index (χ0) is 11.7. The van der Waals surface area contributed by atoms with Crippen molar-refractivity contribution >= 4 is 21.9 Å². The Morgan fingerprint density at radius 1 is 1.47 bits per heavy atom. The monoisotopic (exact) mass is 278 g/mol. The first-order valence-corrected chi connectivity index (χ1v) is 4.78. The summed E-state index contributed by atoms with van der Waals surface area (Å²) in [5.41, 5.74) is -0.0543. The Kier molecular flexibility index (Phi) is 3.18. The van der Waals surface area contributed by atoms with Crippen LogP contribution in [-0.2, 0) is 4.79 Å². The molecule has 6 heteroatoms. The molecule has 0 bridgehead atoms. The minimum atomic E-state index is -1.18. The number of phenols is 2. The number of rotatable bonds is 2. The first-order valence-electron chi connectivity index (χ1n) is 3.98. The zero-order valence-corrected chi connectivity index (χ0v) is 9.25. The number of carboxylic acids is 1. The maximum absolute atomic E-state index is 12.9. The van der Waals surface area contributed by atoms with E-state index in [-0.39, 0.29) is 10.0 Å². The first kappa shape index (κ1) is 11.8. The van der Waals surface area contributed by atoms with Gasteiger partial charge in [-0.25, -0.2) is 4.39 Å². The normalized spacial score (nSPS) is 12.5. The Labute approximate surface area is 93.1 Å². The fourth-order valence-electron chi connectivity index (χ4n) is 1.15. The Balaban J connectivity index is 3.42. The quantitative estimate of drug-likeness (QED) is 0.725. The summed E-state index contributed by atoms with van der Waals surface area (Å²) < 4.78 is 13.0. The van der Waals surface area contributed by atoms with E-state index in [1.807, 2.05) is 0 Å². The smallest absolute Gasteiger partial charge is 0.310 e. The van der Waals surface area contributed by atoms with Crippen LogP contribution in [-0.4, -0.2) is 21.3 Å². The molecule has 0 aliphatic heterocycles. The van der Waals surface area contributed by atoms with Gasteiger partial charge in [-0.2, -0.15) is 0 Å². The first-order chi connectivity index (χ1) is 6.86. The van der Waals surface area contributed by atoms with Crippen molar-refractivity contribution in [1.82, 2.24) is 0 Å². The Morgan fingerprint density at radius 3 is 2.47 bits per heavy atom. The SMILES string of the molecule is CC(C(=O)O)c1c(Br)cc(F)c(O)c1O. The molecule has 0 saturated heterocycles. The molecule has 0 radical (unpaired) electrons. The lowest BCUT2D eigenvalue weighted by Crippen LogP contribution is -2.08. The van der Waals surface area contributed by atoms with Crippen LogP contribution >= 0.6 is 15.9 Å². The number of phenolic OH excluding ortho intramolecular Hbond substituents is 2. The van der Waals surface area contributed by atoms with Crippen molar-refractivity contribution in [3.63, 3.8) is 0 Å². The van der Waals surface area contributed by atoms with Crippen molar-refractivity contribution in [3.05, 3.63) is 21.9 Å². The summed E-state index contributed by atoms with van der Waals surface area (Å²) in [5.74, 6) is -4.94. The summed E-state index contributed by atoms with van der Waals surface area (Å²) in [6.45, 7) is 1.32. The molecule has 1 aromatic carbocycles. The van der Waals surface area contributed by atoms with Crippen molar-refractivity contribution in [2.45, 2.75) is 12.8 Å². The maximum Gasteiger partial charge on any atom is 0.310 e. The molecule has 0 aromatic heterocycles. The highest BCUT2D eigenvalue weighted by Crippen LogP contribution is 2.40. The molecule has 0 fully saturated rings. The van der Waals surface area contributed by atoms with Crippen LogP contribution in [0.15, 0.2) is 10.5 Å². The van der Waals surface area contributed by atoms with Gasteiger partial charge in [-0.05, 0) is 13.0 Å². The molecule has 0 heterocycles. The van der Waals surface area contributed by atoms with Crippen molar-refractivity contribution in [2.24, 2.45) is 0 Å². The predicted octanol–water partition coefficient (Wildman–Crippen LogP) is 2.19. The van der Waals surface area contributed by atoms with Crippen LogP contribution in [0, 0.1) is 5.82 Å². The average molecular weight is 279 g/mol. The zero-order valence-electron chi connectivity index (χ0n) is 7.66. The lowest BCUT2D eigenvalue weighted by molar-refractivity contribution is -0.138. The van der Waals surface area contributed by atoms with E-state index >= 15 is 0 Å². The van der Waals surface area contributed by atoms with Crippen LogP contribution in [0.5, 0.6) is 11.5 Å². The molecule has 1 rings (SSSR count). The largest absolute Gasteiger partial charge is 0.504 e. The predicted molar refractivity (Wildman–Crippen MR) is 53.5 cm³/mol. The highest BCUT2D eigenvalue weighted by molar-refractivity contribution is 9.10. The molecule has 0 saturated carbocycles. The maximum atomic E-state index is 12.9. The Hall–Kier alpha value is -1.30. The third-order valence-electron chi connectivity index (χ3n) is 2.02. The van der Waals surface area contributed by atoms with Crippen LogP contribution in [0.2, 0.25) is 0 Å². The molecular formula is C9H8BrFO4. The van der Waals surface area contributed by atoms with Gasteiger partial charge in [0.1, 0.15) is 0 Å². The van der Waals surface area contributed by atoms with E-state index in [0.29, 0.717) is 0 Å². The van der Waals surface area contributed by atoms with Gasteiger partial charge in [0.05, 0.1) is 5.92 Å². The second kappa shape index (κ2) is 4.06. The molecule has 15 heavy (non-hydrogen) atoms.